The summed E-state index contributed by atoms with van der Waals surface area (Å²) in [5.74, 6) is -1.73. The first-order valence-electron chi connectivity index (χ1n) is 2.67. The number of carbonyl (C=O) groups is 2. The highest BCUT2D eigenvalue weighted by atomic mass is 16.4. The minimum absolute atomic E-state index is 0.465. The van der Waals surface area contributed by atoms with Gasteiger partial charge in [-0.3, -0.25) is 10.5 Å². The van der Waals surface area contributed by atoms with Crippen molar-refractivity contribution in [2.45, 2.75) is 19.5 Å². The summed E-state index contributed by atoms with van der Waals surface area (Å²) >= 11 is 0. The normalized spacial score (nSPS) is 15.5. The molecule has 0 spiro atoms. The van der Waals surface area contributed by atoms with Gasteiger partial charge in [-0.25, -0.2) is 4.79 Å². The molecule has 10 heavy (non-hydrogen) atoms. The molecule has 0 bridgehead atoms. The average molecular weight is 146 g/mol. The molecule has 5 heteroatoms. The van der Waals surface area contributed by atoms with E-state index in [0.717, 1.165) is 0 Å². The van der Waals surface area contributed by atoms with Crippen LogP contribution in [0.5, 0.6) is 0 Å². The predicted octanol–water partition coefficient (Wildman–Crippen LogP) is -1.12. The van der Waals surface area contributed by atoms with Crippen LogP contribution < -0.4 is 11.1 Å². The van der Waals surface area contributed by atoms with E-state index in [-0.39, 0.29) is 0 Å². The number of carboxylic acid groups (broad SMARTS) is 1. The van der Waals surface area contributed by atoms with Gasteiger partial charge >= 0.3 is 5.97 Å². The van der Waals surface area contributed by atoms with E-state index in [2.05, 4.69) is 5.32 Å². The van der Waals surface area contributed by atoms with Gasteiger partial charge in [-0.2, -0.15) is 0 Å². The molecule has 0 heterocycles. The molecule has 0 radical (unpaired) electrons. The van der Waals surface area contributed by atoms with Crippen molar-refractivity contribution in [3.05, 3.63) is 0 Å². The van der Waals surface area contributed by atoms with E-state index in [1.165, 1.54) is 13.8 Å². The van der Waals surface area contributed by atoms with Crippen LogP contribution in [0.1, 0.15) is 13.8 Å². The molecule has 58 valence electrons. The molecular formula is C5H10N2O3. The fourth-order valence-electron chi connectivity index (χ4n) is 0.419. The van der Waals surface area contributed by atoms with E-state index in [4.69, 9.17) is 10.8 Å². The molecule has 0 aliphatic rings. The second kappa shape index (κ2) is 2.66. The Bertz CT molecular complexity index is 164. The monoisotopic (exact) mass is 146 g/mol. The van der Waals surface area contributed by atoms with E-state index in [9.17, 15) is 9.59 Å². The molecule has 0 fully saturated rings. The zero-order valence-electron chi connectivity index (χ0n) is 5.84. The molecule has 4 N–H and O–H groups in total. The molecule has 1 atom stereocenters. The minimum atomic E-state index is -1.66. The van der Waals surface area contributed by atoms with Crippen LogP contribution in [0.4, 0.5) is 0 Å². The number of rotatable bonds is 2. The molecule has 0 aromatic carbocycles. The minimum Gasteiger partial charge on any atom is -0.479 e. The first kappa shape index (κ1) is 8.90. The zero-order valence-corrected chi connectivity index (χ0v) is 5.84. The molecule has 1 unspecified atom stereocenters. The molecule has 0 rings (SSSR count). The van der Waals surface area contributed by atoms with E-state index in [1.807, 2.05) is 0 Å². The maximum atomic E-state index is 10.3. The molecule has 0 aliphatic carbocycles. The fourth-order valence-corrected chi connectivity index (χ4v) is 0.419. The topological polar surface area (TPSA) is 92.4 Å². The largest absolute Gasteiger partial charge is 0.479 e. The maximum Gasteiger partial charge on any atom is 0.344 e. The van der Waals surface area contributed by atoms with Crippen molar-refractivity contribution >= 4 is 11.9 Å². The summed E-state index contributed by atoms with van der Waals surface area (Å²) in [5, 5.41) is 10.4. The summed E-state index contributed by atoms with van der Waals surface area (Å²) in [6, 6.07) is 0. The van der Waals surface area contributed by atoms with Crippen molar-refractivity contribution in [1.82, 2.24) is 5.32 Å². The summed E-state index contributed by atoms with van der Waals surface area (Å²) in [7, 11) is 0. The molecule has 1 amide bonds. The van der Waals surface area contributed by atoms with Gasteiger partial charge in [0.2, 0.25) is 5.91 Å². The van der Waals surface area contributed by atoms with Crippen LogP contribution in [0, 0.1) is 0 Å². The van der Waals surface area contributed by atoms with Crippen molar-refractivity contribution < 1.29 is 14.7 Å². The van der Waals surface area contributed by atoms with Crippen molar-refractivity contribution in [2.24, 2.45) is 5.73 Å². The molecule has 0 aromatic heterocycles. The quantitative estimate of drug-likeness (QED) is 0.430. The van der Waals surface area contributed by atoms with Crippen LogP contribution in [0.15, 0.2) is 0 Å². The van der Waals surface area contributed by atoms with Gasteiger partial charge in [0.25, 0.3) is 0 Å². The Kier molecular flexibility index (Phi) is 2.36. The number of hydrogen-bond donors (Lipinski definition) is 3. The van der Waals surface area contributed by atoms with Crippen molar-refractivity contribution in [1.29, 1.82) is 0 Å². The first-order chi connectivity index (χ1) is 4.36. The van der Waals surface area contributed by atoms with Crippen molar-refractivity contribution in [3.63, 3.8) is 0 Å². The van der Waals surface area contributed by atoms with E-state index in [0.29, 0.717) is 0 Å². The number of nitrogens with one attached hydrogen (secondary N) is 1. The van der Waals surface area contributed by atoms with Gasteiger partial charge in [0.15, 0.2) is 5.66 Å². The lowest BCUT2D eigenvalue weighted by molar-refractivity contribution is -0.146. The number of amides is 1. The number of carboxylic acids is 1. The Morgan fingerprint density at radius 1 is 1.60 bits per heavy atom. The van der Waals surface area contributed by atoms with Crippen LogP contribution in [0.3, 0.4) is 0 Å². The van der Waals surface area contributed by atoms with Gasteiger partial charge < -0.3 is 10.4 Å². The van der Waals surface area contributed by atoms with E-state index in [1.54, 1.807) is 0 Å². The Hall–Kier alpha value is -1.10. The lowest BCUT2D eigenvalue weighted by Gasteiger charge is -2.19. The van der Waals surface area contributed by atoms with E-state index >= 15 is 0 Å². The van der Waals surface area contributed by atoms with Crippen molar-refractivity contribution in [2.75, 3.05) is 0 Å². The van der Waals surface area contributed by atoms with Crippen molar-refractivity contribution in [3.8, 4) is 0 Å². The lowest BCUT2D eigenvalue weighted by Crippen LogP contribution is -2.58. The number of hydrogen-bond acceptors (Lipinski definition) is 3. The fraction of sp³-hybridized carbons (Fsp3) is 0.600. The highest BCUT2D eigenvalue weighted by Gasteiger charge is 2.28. The molecular weight excluding hydrogens is 136 g/mol. The van der Waals surface area contributed by atoms with Gasteiger partial charge in [-0.05, 0) is 6.92 Å². The number of aliphatic carboxylic acids is 1. The lowest BCUT2D eigenvalue weighted by atomic mass is 10.2. The Labute approximate surface area is 58.2 Å². The summed E-state index contributed by atoms with van der Waals surface area (Å²) < 4.78 is 0. The second-order valence-electron chi connectivity index (χ2n) is 2.19. The first-order valence-corrected chi connectivity index (χ1v) is 2.67. The van der Waals surface area contributed by atoms with Gasteiger partial charge in [-0.1, -0.05) is 0 Å². The number of nitrogens with two attached hydrogens (primary N) is 1. The van der Waals surface area contributed by atoms with Crippen LogP contribution in [0.25, 0.3) is 0 Å². The van der Waals surface area contributed by atoms with E-state index < -0.39 is 17.5 Å². The molecule has 0 aliphatic heterocycles. The predicted molar refractivity (Wildman–Crippen MR) is 34.0 cm³/mol. The Morgan fingerprint density at radius 2 is 2.00 bits per heavy atom. The summed E-state index contributed by atoms with van der Waals surface area (Å²) in [6.07, 6.45) is 0. The summed E-state index contributed by atoms with van der Waals surface area (Å²) in [6.45, 7) is 2.41. The Morgan fingerprint density at radius 3 is 2.10 bits per heavy atom. The van der Waals surface area contributed by atoms with Gasteiger partial charge in [0.05, 0.1) is 0 Å². The SMILES string of the molecule is CC(=O)NC(C)(N)C(=O)O. The summed E-state index contributed by atoms with van der Waals surface area (Å²) in [4.78, 5) is 20.5. The Balaban J connectivity index is 4.13. The third kappa shape index (κ3) is 2.45. The molecule has 0 aromatic rings. The zero-order chi connectivity index (χ0) is 8.36. The highest BCUT2D eigenvalue weighted by Crippen LogP contribution is 1.91. The third-order valence-electron chi connectivity index (χ3n) is 0.880. The van der Waals surface area contributed by atoms with Gasteiger partial charge in [-0.15, -0.1) is 0 Å². The summed E-state index contributed by atoms with van der Waals surface area (Å²) in [5.41, 5.74) is 3.47. The highest BCUT2D eigenvalue weighted by molar-refractivity contribution is 5.84. The standard InChI is InChI=1S/C5H10N2O3/c1-3(8)7-5(2,6)4(9)10/h6H2,1-2H3,(H,7,8)(H,9,10). The molecule has 5 nitrogen and oxygen atoms in total. The van der Waals surface area contributed by atoms with Crippen LogP contribution in [-0.2, 0) is 9.59 Å². The third-order valence-corrected chi connectivity index (χ3v) is 0.880. The smallest absolute Gasteiger partial charge is 0.344 e. The average Bonchev–Trinajstić information content (AvgIpc) is 1.60. The van der Waals surface area contributed by atoms with Gasteiger partial charge in [0.1, 0.15) is 0 Å². The van der Waals surface area contributed by atoms with Gasteiger partial charge in [0, 0.05) is 6.92 Å². The van der Waals surface area contributed by atoms with Crippen LogP contribution in [-0.4, -0.2) is 22.6 Å². The maximum absolute atomic E-state index is 10.3. The van der Waals surface area contributed by atoms with Crippen LogP contribution >= 0.6 is 0 Å². The van der Waals surface area contributed by atoms with Crippen LogP contribution in [0.2, 0.25) is 0 Å². The molecule has 0 saturated carbocycles. The second-order valence-corrected chi connectivity index (χ2v) is 2.19. The number of carbonyl (C=O) groups excluding carboxylic acids is 1. The molecule has 0 saturated heterocycles.